The first-order valence-corrected chi connectivity index (χ1v) is 7.60. The fraction of sp³-hybridized carbons (Fsp3) is 0.400. The highest BCUT2D eigenvalue weighted by molar-refractivity contribution is 7.71. The molecule has 0 aliphatic heterocycles. The summed E-state index contributed by atoms with van der Waals surface area (Å²) in [7, 11) is 1.84. The zero-order valence-electron chi connectivity index (χ0n) is 12.2. The molecule has 116 valence electrons. The largest absolute Gasteiger partial charge is 0.355 e. The monoisotopic (exact) mass is 320 g/mol. The summed E-state index contributed by atoms with van der Waals surface area (Å²) in [5, 5.41) is 9.74. The molecule has 0 unspecified atom stereocenters. The van der Waals surface area contributed by atoms with Gasteiger partial charge in [0.2, 0.25) is 5.91 Å². The summed E-state index contributed by atoms with van der Waals surface area (Å²) in [6.07, 6.45) is 1.45. The predicted molar refractivity (Wildman–Crippen MR) is 82.4 cm³/mol. The highest BCUT2D eigenvalue weighted by Crippen LogP contribution is 2.47. The van der Waals surface area contributed by atoms with Gasteiger partial charge in [-0.05, 0) is 42.3 Å². The lowest BCUT2D eigenvalue weighted by Crippen LogP contribution is -2.28. The van der Waals surface area contributed by atoms with E-state index in [9.17, 15) is 9.18 Å². The maximum atomic E-state index is 12.9. The average molecular weight is 320 g/mol. The summed E-state index contributed by atoms with van der Waals surface area (Å²) in [5.41, 5.74) is 1.02. The van der Waals surface area contributed by atoms with E-state index in [4.69, 9.17) is 12.2 Å². The second-order valence-electron chi connectivity index (χ2n) is 5.55. The molecule has 7 heteroatoms. The van der Waals surface area contributed by atoms with Crippen LogP contribution in [0.1, 0.15) is 23.7 Å². The molecule has 0 saturated heterocycles. The van der Waals surface area contributed by atoms with Gasteiger partial charge in [0.25, 0.3) is 0 Å². The number of nitrogens with zero attached hydrogens (tertiary/aromatic N) is 2. The zero-order chi connectivity index (χ0) is 15.7. The Morgan fingerprint density at radius 3 is 2.86 bits per heavy atom. The molecule has 1 aromatic carbocycles. The van der Waals surface area contributed by atoms with Crippen molar-refractivity contribution in [1.82, 2.24) is 20.1 Å². The Hall–Kier alpha value is -2.02. The molecular formula is C15H17FN4OS. The van der Waals surface area contributed by atoms with Crippen LogP contribution in [0.4, 0.5) is 4.39 Å². The van der Waals surface area contributed by atoms with Gasteiger partial charge in [-0.3, -0.25) is 9.89 Å². The summed E-state index contributed by atoms with van der Waals surface area (Å²) in [6.45, 7) is 0.527. The van der Waals surface area contributed by atoms with Crippen molar-refractivity contribution in [3.05, 3.63) is 46.2 Å². The lowest BCUT2D eigenvalue weighted by Gasteiger charge is -2.05. The molecule has 1 fully saturated rings. The Morgan fingerprint density at radius 2 is 2.23 bits per heavy atom. The highest BCUT2D eigenvalue weighted by Gasteiger charge is 2.43. The van der Waals surface area contributed by atoms with E-state index < -0.39 is 0 Å². The van der Waals surface area contributed by atoms with Crippen LogP contribution in [0.2, 0.25) is 0 Å². The molecule has 0 spiro atoms. The van der Waals surface area contributed by atoms with E-state index in [1.807, 2.05) is 7.05 Å². The second kappa shape index (κ2) is 6.00. The predicted octanol–water partition coefficient (Wildman–Crippen LogP) is 2.08. The number of aromatic amines is 1. The third-order valence-corrected chi connectivity index (χ3v) is 4.41. The van der Waals surface area contributed by atoms with E-state index in [1.165, 1.54) is 12.1 Å². The Kier molecular flexibility index (Phi) is 4.06. The van der Waals surface area contributed by atoms with Gasteiger partial charge < -0.3 is 9.88 Å². The van der Waals surface area contributed by atoms with Crippen molar-refractivity contribution in [2.24, 2.45) is 13.0 Å². The van der Waals surface area contributed by atoms with Crippen LogP contribution in [0, 0.1) is 16.5 Å². The van der Waals surface area contributed by atoms with Crippen molar-refractivity contribution >= 4 is 18.1 Å². The van der Waals surface area contributed by atoms with Crippen LogP contribution in [-0.4, -0.2) is 27.2 Å². The van der Waals surface area contributed by atoms with Crippen LogP contribution in [-0.2, 0) is 18.3 Å². The Bertz CT molecular complexity index is 737. The highest BCUT2D eigenvalue weighted by atomic mass is 32.1. The van der Waals surface area contributed by atoms with Crippen molar-refractivity contribution < 1.29 is 9.18 Å². The first kappa shape index (κ1) is 14.9. The molecule has 2 atom stereocenters. The number of amides is 1. The first-order chi connectivity index (χ1) is 10.6. The molecule has 0 radical (unpaired) electrons. The third-order valence-electron chi connectivity index (χ3n) is 4.05. The fourth-order valence-electron chi connectivity index (χ4n) is 2.59. The van der Waals surface area contributed by atoms with Crippen LogP contribution < -0.4 is 5.32 Å². The fourth-order valence-corrected chi connectivity index (χ4v) is 2.75. The van der Waals surface area contributed by atoms with Crippen LogP contribution in [0.5, 0.6) is 0 Å². The quantitative estimate of drug-likeness (QED) is 0.829. The number of rotatable bonds is 5. The van der Waals surface area contributed by atoms with E-state index >= 15 is 0 Å². The normalized spacial score (nSPS) is 19.9. The van der Waals surface area contributed by atoms with Crippen molar-refractivity contribution in [2.45, 2.75) is 18.8 Å². The van der Waals surface area contributed by atoms with Crippen molar-refractivity contribution in [3.63, 3.8) is 0 Å². The summed E-state index contributed by atoms with van der Waals surface area (Å²) in [6, 6.07) is 6.38. The minimum absolute atomic E-state index is 0.00657. The van der Waals surface area contributed by atoms with Crippen LogP contribution in [0.3, 0.4) is 0 Å². The molecule has 5 nitrogen and oxygen atoms in total. The molecule has 0 bridgehead atoms. The smallest absolute Gasteiger partial charge is 0.223 e. The lowest BCUT2D eigenvalue weighted by molar-refractivity contribution is -0.122. The minimum Gasteiger partial charge on any atom is -0.355 e. The topological polar surface area (TPSA) is 62.7 Å². The maximum absolute atomic E-state index is 12.9. The summed E-state index contributed by atoms with van der Waals surface area (Å²) in [5.74, 6) is 0.815. The number of aromatic nitrogens is 3. The van der Waals surface area contributed by atoms with E-state index in [1.54, 1.807) is 16.7 Å². The summed E-state index contributed by atoms with van der Waals surface area (Å²) >= 11 is 5.04. The number of hydrogen-bond acceptors (Lipinski definition) is 3. The van der Waals surface area contributed by atoms with Gasteiger partial charge in [0, 0.05) is 25.9 Å². The van der Waals surface area contributed by atoms with E-state index in [2.05, 4.69) is 15.5 Å². The Morgan fingerprint density at radius 1 is 1.50 bits per heavy atom. The van der Waals surface area contributed by atoms with E-state index in [-0.39, 0.29) is 23.6 Å². The van der Waals surface area contributed by atoms with Crippen LogP contribution in [0.15, 0.2) is 24.3 Å². The van der Waals surface area contributed by atoms with Crippen LogP contribution in [0.25, 0.3) is 0 Å². The minimum atomic E-state index is -0.251. The van der Waals surface area contributed by atoms with Gasteiger partial charge in [0.1, 0.15) is 11.6 Å². The zero-order valence-corrected chi connectivity index (χ0v) is 13.0. The number of carbonyl (C=O) groups excluding carboxylic acids is 1. The molecule has 1 aliphatic rings. The van der Waals surface area contributed by atoms with E-state index in [0.29, 0.717) is 17.7 Å². The molecule has 3 rings (SSSR count). The van der Waals surface area contributed by atoms with Crippen molar-refractivity contribution in [2.75, 3.05) is 6.54 Å². The number of carbonyl (C=O) groups is 1. The molecular weight excluding hydrogens is 303 g/mol. The van der Waals surface area contributed by atoms with Crippen LogP contribution >= 0.6 is 12.2 Å². The van der Waals surface area contributed by atoms with Gasteiger partial charge in [-0.25, -0.2) is 4.39 Å². The van der Waals surface area contributed by atoms with E-state index in [0.717, 1.165) is 17.8 Å². The summed E-state index contributed by atoms with van der Waals surface area (Å²) in [4.78, 5) is 12.1. The first-order valence-electron chi connectivity index (χ1n) is 7.19. The van der Waals surface area contributed by atoms with Gasteiger partial charge in [-0.1, -0.05) is 12.1 Å². The number of hydrogen-bond donors (Lipinski definition) is 2. The van der Waals surface area contributed by atoms with Gasteiger partial charge in [-0.15, -0.1) is 0 Å². The molecule has 1 saturated carbocycles. The van der Waals surface area contributed by atoms with Crippen molar-refractivity contribution in [3.8, 4) is 0 Å². The number of halogens is 1. The van der Waals surface area contributed by atoms with Crippen molar-refractivity contribution in [1.29, 1.82) is 0 Å². The number of nitrogens with one attached hydrogen (secondary N) is 2. The number of benzene rings is 1. The average Bonchev–Trinajstić information content (AvgIpc) is 3.24. The molecule has 1 heterocycles. The standard InChI is InChI=1S/C15H17FN4OS/c1-20-13(18-19-15(20)22)6-7-17-14(21)12-8-11(12)9-2-4-10(16)5-3-9/h2-5,11-12H,6-8H2,1H3,(H,17,21)(H,19,22)/t11-,12+/m0/s1. The second-order valence-corrected chi connectivity index (χ2v) is 5.93. The lowest BCUT2D eigenvalue weighted by atomic mass is 10.1. The van der Waals surface area contributed by atoms with Gasteiger partial charge in [0.05, 0.1) is 0 Å². The third kappa shape index (κ3) is 3.09. The molecule has 2 N–H and O–H groups in total. The van der Waals surface area contributed by atoms with Gasteiger partial charge >= 0.3 is 0 Å². The molecule has 22 heavy (non-hydrogen) atoms. The molecule has 1 aromatic heterocycles. The SMILES string of the molecule is Cn1c(CCNC(=O)[C@@H]2C[C@H]2c2ccc(F)cc2)n[nH]c1=S. The summed E-state index contributed by atoms with van der Waals surface area (Å²) < 4.78 is 15.3. The van der Waals surface area contributed by atoms with Gasteiger partial charge in [-0.2, -0.15) is 5.10 Å². The molecule has 1 amide bonds. The van der Waals surface area contributed by atoms with Gasteiger partial charge in [0.15, 0.2) is 4.77 Å². The maximum Gasteiger partial charge on any atom is 0.223 e. The number of H-pyrrole nitrogens is 1. The molecule has 2 aromatic rings. The Labute approximate surface area is 132 Å². The Balaban J connectivity index is 1.48. The molecule has 1 aliphatic carbocycles.